The van der Waals surface area contributed by atoms with Crippen LogP contribution in [0.15, 0.2) is 30.3 Å². The summed E-state index contributed by atoms with van der Waals surface area (Å²) < 4.78 is 0. The van der Waals surface area contributed by atoms with Crippen molar-refractivity contribution in [2.45, 2.75) is 18.9 Å². The minimum Gasteiger partial charge on any atom is -0.399 e. The van der Waals surface area contributed by atoms with E-state index in [0.717, 1.165) is 34.9 Å². The number of nitrogen functional groups attached to an aromatic ring is 1. The van der Waals surface area contributed by atoms with E-state index in [1.807, 2.05) is 18.2 Å². The van der Waals surface area contributed by atoms with Crippen molar-refractivity contribution in [2.24, 2.45) is 5.92 Å². The highest BCUT2D eigenvalue weighted by atomic mass is 15.2. The first-order valence-corrected chi connectivity index (χ1v) is 7.43. The van der Waals surface area contributed by atoms with Crippen molar-refractivity contribution in [2.75, 3.05) is 30.7 Å². The largest absolute Gasteiger partial charge is 0.399 e. The van der Waals surface area contributed by atoms with Gasteiger partial charge in [0.1, 0.15) is 5.82 Å². The Bertz CT molecular complexity index is 631. The molecule has 2 aromatic rings. The molecule has 1 aromatic carbocycles. The molecule has 5 rings (SSSR count). The van der Waals surface area contributed by atoms with Crippen molar-refractivity contribution in [3.8, 4) is 0 Å². The predicted octanol–water partition coefficient (Wildman–Crippen LogP) is 2.32. The van der Waals surface area contributed by atoms with Gasteiger partial charge < -0.3 is 16.0 Å². The lowest BCUT2D eigenvalue weighted by atomic mass is 9.84. The Morgan fingerprint density at radius 1 is 1.15 bits per heavy atom. The van der Waals surface area contributed by atoms with Crippen molar-refractivity contribution in [3.63, 3.8) is 0 Å². The van der Waals surface area contributed by atoms with Gasteiger partial charge in [0.25, 0.3) is 0 Å². The standard InChI is InChI=1S/C16H20N4/c17-13-2-3-14-12(9-13)1-4-16(18-14)19-15-10-20-7-5-11(15)6-8-20/h1-4,9,11,15H,5-8,10,17H2,(H,18,19). The summed E-state index contributed by atoms with van der Waals surface area (Å²) in [7, 11) is 0. The van der Waals surface area contributed by atoms with Crippen molar-refractivity contribution in [3.05, 3.63) is 30.3 Å². The number of fused-ring (bicyclic) bond motifs is 4. The summed E-state index contributed by atoms with van der Waals surface area (Å²) in [6, 6.07) is 10.6. The number of pyridine rings is 1. The molecule has 4 heterocycles. The summed E-state index contributed by atoms with van der Waals surface area (Å²) in [5.41, 5.74) is 7.60. The molecule has 2 bridgehead atoms. The molecule has 3 fully saturated rings. The number of aromatic nitrogens is 1. The van der Waals surface area contributed by atoms with Crippen LogP contribution in [0.5, 0.6) is 0 Å². The molecule has 1 unspecified atom stereocenters. The molecular formula is C16H20N4. The molecule has 1 atom stereocenters. The summed E-state index contributed by atoms with van der Waals surface area (Å²) in [4.78, 5) is 7.26. The van der Waals surface area contributed by atoms with E-state index in [4.69, 9.17) is 10.7 Å². The van der Waals surface area contributed by atoms with Gasteiger partial charge in [-0.25, -0.2) is 4.98 Å². The summed E-state index contributed by atoms with van der Waals surface area (Å²) in [5.74, 6) is 1.80. The maximum absolute atomic E-state index is 5.80. The van der Waals surface area contributed by atoms with Crippen LogP contribution in [0.4, 0.5) is 11.5 Å². The molecule has 0 radical (unpaired) electrons. The first kappa shape index (κ1) is 12.0. The average molecular weight is 268 g/mol. The van der Waals surface area contributed by atoms with Crippen LogP contribution < -0.4 is 11.1 Å². The third kappa shape index (κ3) is 2.10. The zero-order chi connectivity index (χ0) is 13.5. The van der Waals surface area contributed by atoms with Crippen molar-refractivity contribution < 1.29 is 0 Å². The van der Waals surface area contributed by atoms with Gasteiger partial charge >= 0.3 is 0 Å². The number of hydrogen-bond acceptors (Lipinski definition) is 4. The monoisotopic (exact) mass is 268 g/mol. The maximum atomic E-state index is 5.80. The number of hydrogen-bond donors (Lipinski definition) is 2. The number of piperidine rings is 3. The number of nitrogens with zero attached hydrogens (tertiary/aromatic N) is 2. The Balaban J connectivity index is 1.58. The van der Waals surface area contributed by atoms with Gasteiger partial charge in [-0.2, -0.15) is 0 Å². The smallest absolute Gasteiger partial charge is 0.126 e. The third-order valence-electron chi connectivity index (χ3n) is 4.70. The second kappa shape index (κ2) is 4.63. The minimum absolute atomic E-state index is 0.552. The van der Waals surface area contributed by atoms with E-state index in [1.54, 1.807) is 0 Å². The van der Waals surface area contributed by atoms with Gasteiger partial charge in [0.05, 0.1) is 5.52 Å². The number of benzene rings is 1. The van der Waals surface area contributed by atoms with Crippen molar-refractivity contribution in [1.29, 1.82) is 0 Å². The van der Waals surface area contributed by atoms with Crippen LogP contribution in [-0.2, 0) is 0 Å². The zero-order valence-corrected chi connectivity index (χ0v) is 11.5. The first-order valence-electron chi connectivity index (χ1n) is 7.43. The van der Waals surface area contributed by atoms with Crippen LogP contribution >= 0.6 is 0 Å². The molecule has 3 aliphatic rings. The predicted molar refractivity (Wildman–Crippen MR) is 82.7 cm³/mol. The maximum Gasteiger partial charge on any atom is 0.126 e. The van der Waals surface area contributed by atoms with Gasteiger partial charge in [0.2, 0.25) is 0 Å². The van der Waals surface area contributed by atoms with Crippen LogP contribution in [0.25, 0.3) is 10.9 Å². The number of nitrogens with one attached hydrogen (secondary N) is 1. The number of anilines is 2. The van der Waals surface area contributed by atoms with E-state index >= 15 is 0 Å². The van der Waals surface area contributed by atoms with E-state index < -0.39 is 0 Å². The SMILES string of the molecule is Nc1ccc2nc(NC3CN4CCC3CC4)ccc2c1. The second-order valence-corrected chi connectivity index (χ2v) is 6.04. The minimum atomic E-state index is 0.552. The Morgan fingerprint density at radius 2 is 2.00 bits per heavy atom. The number of nitrogens with two attached hydrogens (primary N) is 1. The lowest BCUT2D eigenvalue weighted by Crippen LogP contribution is -2.53. The van der Waals surface area contributed by atoms with Crippen LogP contribution in [0.2, 0.25) is 0 Å². The number of rotatable bonds is 2. The molecule has 3 aliphatic heterocycles. The fourth-order valence-electron chi connectivity index (χ4n) is 3.54. The van der Waals surface area contributed by atoms with Gasteiger partial charge in [-0.1, -0.05) is 0 Å². The summed E-state index contributed by atoms with van der Waals surface area (Å²) in [5, 5.41) is 4.74. The van der Waals surface area contributed by atoms with E-state index in [2.05, 4.69) is 22.3 Å². The molecule has 1 aromatic heterocycles. The second-order valence-electron chi connectivity index (χ2n) is 6.04. The molecule has 0 aliphatic carbocycles. The van der Waals surface area contributed by atoms with Crippen LogP contribution in [0.1, 0.15) is 12.8 Å². The third-order valence-corrected chi connectivity index (χ3v) is 4.70. The Morgan fingerprint density at radius 3 is 2.75 bits per heavy atom. The van der Waals surface area contributed by atoms with Crippen molar-refractivity contribution in [1.82, 2.24) is 9.88 Å². The molecule has 3 saturated heterocycles. The normalized spacial score (nSPS) is 28.7. The van der Waals surface area contributed by atoms with E-state index in [-0.39, 0.29) is 0 Å². The zero-order valence-electron chi connectivity index (χ0n) is 11.5. The Labute approximate surface area is 119 Å². The quantitative estimate of drug-likeness (QED) is 0.821. The van der Waals surface area contributed by atoms with Gasteiger partial charge in [-0.3, -0.25) is 0 Å². The average Bonchev–Trinajstić information content (AvgIpc) is 2.49. The molecule has 104 valence electrons. The summed E-state index contributed by atoms with van der Waals surface area (Å²) in [6.07, 6.45) is 2.64. The van der Waals surface area contributed by atoms with Crippen LogP contribution in [-0.4, -0.2) is 35.6 Å². The van der Waals surface area contributed by atoms with Gasteiger partial charge in [0.15, 0.2) is 0 Å². The van der Waals surface area contributed by atoms with E-state index in [0.29, 0.717) is 6.04 Å². The molecule has 4 heteroatoms. The van der Waals surface area contributed by atoms with Gasteiger partial charge in [0, 0.05) is 23.7 Å². The topological polar surface area (TPSA) is 54.2 Å². The molecule has 0 spiro atoms. The highest BCUT2D eigenvalue weighted by Crippen LogP contribution is 2.29. The summed E-state index contributed by atoms with van der Waals surface area (Å²) >= 11 is 0. The van der Waals surface area contributed by atoms with Crippen LogP contribution in [0, 0.1) is 5.92 Å². The van der Waals surface area contributed by atoms with Crippen LogP contribution in [0.3, 0.4) is 0 Å². The Kier molecular flexibility index (Phi) is 2.77. The van der Waals surface area contributed by atoms with E-state index in [9.17, 15) is 0 Å². The fourth-order valence-corrected chi connectivity index (χ4v) is 3.54. The Hall–Kier alpha value is -1.81. The fraction of sp³-hybridized carbons (Fsp3) is 0.438. The van der Waals surface area contributed by atoms with Crippen molar-refractivity contribution >= 4 is 22.4 Å². The van der Waals surface area contributed by atoms with Gasteiger partial charge in [-0.05, 0) is 62.2 Å². The molecular weight excluding hydrogens is 248 g/mol. The molecule has 0 amide bonds. The van der Waals surface area contributed by atoms with Gasteiger partial charge in [-0.15, -0.1) is 0 Å². The van der Waals surface area contributed by atoms with E-state index in [1.165, 1.54) is 25.9 Å². The lowest BCUT2D eigenvalue weighted by molar-refractivity contribution is 0.0974. The molecule has 0 saturated carbocycles. The summed E-state index contributed by atoms with van der Waals surface area (Å²) in [6.45, 7) is 3.70. The molecule has 4 nitrogen and oxygen atoms in total. The lowest BCUT2D eigenvalue weighted by Gasteiger charge is -2.45. The first-order chi connectivity index (χ1) is 9.78. The highest BCUT2D eigenvalue weighted by Gasteiger charge is 2.34. The molecule has 20 heavy (non-hydrogen) atoms. The highest BCUT2D eigenvalue weighted by molar-refractivity contribution is 5.83. The molecule has 3 N–H and O–H groups in total.